The topological polar surface area (TPSA) is 76.0 Å². The average Bonchev–Trinajstić information content (AvgIpc) is 3.10. The van der Waals surface area contributed by atoms with E-state index in [0.29, 0.717) is 22.5 Å². The van der Waals surface area contributed by atoms with Crippen LogP contribution in [0.25, 0.3) is 22.4 Å². The fourth-order valence-electron chi connectivity index (χ4n) is 2.78. The summed E-state index contributed by atoms with van der Waals surface area (Å²) in [7, 11) is -0.220. The molecule has 0 aliphatic rings. The predicted molar refractivity (Wildman–Crippen MR) is 105 cm³/mol. The summed E-state index contributed by atoms with van der Waals surface area (Å²) in [6, 6.07) is 10.1. The van der Waals surface area contributed by atoms with Crippen molar-refractivity contribution in [3.05, 3.63) is 60.3 Å². The van der Waals surface area contributed by atoms with Crippen molar-refractivity contribution in [2.45, 2.75) is 0 Å². The Morgan fingerprint density at radius 3 is 2.54 bits per heavy atom. The van der Waals surface area contributed by atoms with Gasteiger partial charge >= 0.3 is 0 Å². The number of sulfonamides is 1. The maximum Gasteiger partial charge on any atom is 0.213 e. The van der Waals surface area contributed by atoms with E-state index >= 15 is 0 Å². The molecule has 6 nitrogen and oxygen atoms in total. The first-order chi connectivity index (χ1) is 13.3. The zero-order valence-corrected chi connectivity index (χ0v) is 16.2. The number of anilines is 1. The number of hydrogen-bond acceptors (Lipinski definition) is 4. The average molecular weight is 406 g/mol. The highest BCUT2D eigenvalue weighted by Crippen LogP contribution is 2.33. The number of aromatic nitrogens is 2. The van der Waals surface area contributed by atoms with Gasteiger partial charge in [0, 0.05) is 36.6 Å². The summed E-state index contributed by atoms with van der Waals surface area (Å²) in [4.78, 5) is 0. The number of benzene rings is 2. The largest absolute Gasteiger partial charge is 0.383 e. The quantitative estimate of drug-likeness (QED) is 0.633. The van der Waals surface area contributed by atoms with Gasteiger partial charge in [-0.3, -0.25) is 4.68 Å². The van der Waals surface area contributed by atoms with E-state index in [1.165, 1.54) is 7.05 Å². The first-order valence-electron chi connectivity index (χ1n) is 8.53. The smallest absolute Gasteiger partial charge is 0.213 e. The maximum atomic E-state index is 14.2. The van der Waals surface area contributed by atoms with Crippen LogP contribution < -0.4 is 10.0 Å². The van der Waals surface area contributed by atoms with Gasteiger partial charge in [0.25, 0.3) is 0 Å². The van der Waals surface area contributed by atoms with E-state index in [9.17, 15) is 17.2 Å². The lowest BCUT2D eigenvalue weighted by Gasteiger charge is -2.13. The van der Waals surface area contributed by atoms with Crippen molar-refractivity contribution in [1.82, 2.24) is 14.5 Å². The van der Waals surface area contributed by atoms with E-state index in [1.807, 2.05) is 0 Å². The van der Waals surface area contributed by atoms with Gasteiger partial charge in [-0.2, -0.15) is 5.10 Å². The summed E-state index contributed by atoms with van der Waals surface area (Å²) in [6.07, 6.45) is 1.76. The second-order valence-electron chi connectivity index (χ2n) is 6.21. The second kappa shape index (κ2) is 8.07. The lowest BCUT2D eigenvalue weighted by Crippen LogP contribution is -2.26. The Morgan fingerprint density at radius 1 is 1.07 bits per heavy atom. The Labute approximate surface area is 162 Å². The standard InChI is InChI=1S/C19H20F2N4O2S/c1-22-28(26,27)10-8-23-18-6-3-13(15-12-14(20)4-5-17(15)21)11-16(18)19-7-9-25(2)24-19/h3-7,9,11-12,22-23H,8,10H2,1-2H3. The molecule has 1 aromatic heterocycles. The molecule has 0 saturated heterocycles. The molecule has 1 heterocycles. The van der Waals surface area contributed by atoms with Crippen LogP contribution in [0.4, 0.5) is 14.5 Å². The molecule has 28 heavy (non-hydrogen) atoms. The molecule has 0 unspecified atom stereocenters. The zero-order valence-electron chi connectivity index (χ0n) is 15.4. The Balaban J connectivity index is 1.99. The molecular formula is C19H20F2N4O2S. The minimum Gasteiger partial charge on any atom is -0.383 e. The van der Waals surface area contributed by atoms with Crippen molar-refractivity contribution in [2.75, 3.05) is 24.7 Å². The Morgan fingerprint density at radius 2 is 1.86 bits per heavy atom. The van der Waals surface area contributed by atoms with Crippen LogP contribution in [0.2, 0.25) is 0 Å². The summed E-state index contributed by atoms with van der Waals surface area (Å²) in [5, 5.41) is 7.45. The van der Waals surface area contributed by atoms with E-state index < -0.39 is 21.7 Å². The minimum absolute atomic E-state index is 0.106. The summed E-state index contributed by atoms with van der Waals surface area (Å²) in [5.41, 5.74) is 2.56. The monoisotopic (exact) mass is 406 g/mol. The molecule has 2 aromatic carbocycles. The van der Waals surface area contributed by atoms with Crippen LogP contribution in [0.15, 0.2) is 48.7 Å². The van der Waals surface area contributed by atoms with E-state index in [2.05, 4.69) is 15.1 Å². The van der Waals surface area contributed by atoms with Crippen LogP contribution in [0.1, 0.15) is 0 Å². The molecular weight excluding hydrogens is 386 g/mol. The van der Waals surface area contributed by atoms with Crippen LogP contribution in [0.5, 0.6) is 0 Å². The number of hydrogen-bond donors (Lipinski definition) is 2. The van der Waals surface area contributed by atoms with E-state index in [-0.39, 0.29) is 17.9 Å². The molecule has 0 amide bonds. The highest BCUT2D eigenvalue weighted by Gasteiger charge is 2.14. The molecule has 0 fully saturated rings. The molecule has 0 saturated carbocycles. The van der Waals surface area contributed by atoms with Gasteiger partial charge in [-0.15, -0.1) is 0 Å². The van der Waals surface area contributed by atoms with Gasteiger partial charge in [0.05, 0.1) is 11.4 Å². The van der Waals surface area contributed by atoms with Crippen LogP contribution >= 0.6 is 0 Å². The van der Waals surface area contributed by atoms with E-state index in [4.69, 9.17) is 0 Å². The fraction of sp³-hybridized carbons (Fsp3) is 0.211. The SMILES string of the molecule is CNS(=O)(=O)CCNc1ccc(-c2cc(F)ccc2F)cc1-c1ccn(C)n1. The highest BCUT2D eigenvalue weighted by molar-refractivity contribution is 7.89. The van der Waals surface area contributed by atoms with Crippen molar-refractivity contribution in [1.29, 1.82) is 0 Å². The van der Waals surface area contributed by atoms with Gasteiger partial charge in [-0.25, -0.2) is 21.9 Å². The van der Waals surface area contributed by atoms with Gasteiger partial charge in [0.1, 0.15) is 11.6 Å². The van der Waals surface area contributed by atoms with Gasteiger partial charge in [0.2, 0.25) is 10.0 Å². The van der Waals surface area contributed by atoms with E-state index in [1.54, 1.807) is 42.2 Å². The fourth-order valence-corrected chi connectivity index (χ4v) is 3.35. The molecule has 148 valence electrons. The van der Waals surface area contributed by atoms with Crippen molar-refractivity contribution in [2.24, 2.45) is 7.05 Å². The third-order valence-electron chi connectivity index (χ3n) is 4.25. The minimum atomic E-state index is -3.35. The molecule has 0 aliphatic carbocycles. The zero-order chi connectivity index (χ0) is 20.3. The van der Waals surface area contributed by atoms with Crippen LogP contribution in [0.3, 0.4) is 0 Å². The van der Waals surface area contributed by atoms with E-state index in [0.717, 1.165) is 18.2 Å². The van der Waals surface area contributed by atoms with Crippen LogP contribution in [-0.4, -0.2) is 37.5 Å². The van der Waals surface area contributed by atoms with Gasteiger partial charge in [-0.05, 0) is 49.0 Å². The molecule has 0 spiro atoms. The summed E-state index contributed by atoms with van der Waals surface area (Å²) in [5.74, 6) is -1.17. The second-order valence-corrected chi connectivity index (χ2v) is 8.25. The Hall–Kier alpha value is -2.78. The third-order valence-corrected chi connectivity index (χ3v) is 5.61. The molecule has 3 aromatic rings. The Bertz CT molecular complexity index is 1100. The van der Waals surface area contributed by atoms with Crippen LogP contribution in [0, 0.1) is 11.6 Å². The van der Waals surface area contributed by atoms with Crippen molar-refractivity contribution in [3.8, 4) is 22.4 Å². The maximum absolute atomic E-state index is 14.2. The van der Waals surface area contributed by atoms with Gasteiger partial charge < -0.3 is 5.32 Å². The van der Waals surface area contributed by atoms with Gasteiger partial charge in [-0.1, -0.05) is 6.07 Å². The third kappa shape index (κ3) is 4.55. The highest BCUT2D eigenvalue weighted by atomic mass is 32.2. The summed E-state index contributed by atoms with van der Waals surface area (Å²) >= 11 is 0. The summed E-state index contributed by atoms with van der Waals surface area (Å²) in [6.45, 7) is 0.177. The van der Waals surface area contributed by atoms with Crippen molar-refractivity contribution >= 4 is 15.7 Å². The van der Waals surface area contributed by atoms with Crippen molar-refractivity contribution < 1.29 is 17.2 Å². The number of halogens is 2. The number of nitrogens with one attached hydrogen (secondary N) is 2. The summed E-state index contributed by atoms with van der Waals surface area (Å²) < 4.78 is 54.9. The van der Waals surface area contributed by atoms with Crippen molar-refractivity contribution in [3.63, 3.8) is 0 Å². The predicted octanol–water partition coefficient (Wildman–Crippen LogP) is 2.99. The lowest BCUT2D eigenvalue weighted by molar-refractivity contribution is 0.588. The first kappa shape index (κ1) is 20.0. The Kier molecular flexibility index (Phi) is 5.76. The molecule has 0 radical (unpaired) electrons. The molecule has 0 atom stereocenters. The molecule has 3 rings (SSSR count). The molecule has 0 aliphatic heterocycles. The van der Waals surface area contributed by atoms with Gasteiger partial charge in [0.15, 0.2) is 0 Å². The first-order valence-corrected chi connectivity index (χ1v) is 10.2. The number of rotatable bonds is 7. The lowest BCUT2D eigenvalue weighted by atomic mass is 9.99. The number of aryl methyl sites for hydroxylation is 1. The normalized spacial score (nSPS) is 11.6. The molecule has 9 heteroatoms. The molecule has 2 N–H and O–H groups in total. The van der Waals surface area contributed by atoms with Crippen LogP contribution in [-0.2, 0) is 17.1 Å². The molecule has 0 bridgehead atoms. The number of nitrogens with zero attached hydrogens (tertiary/aromatic N) is 2.